The number of nitrogens with zero attached hydrogens (tertiary/aromatic N) is 3. The summed E-state index contributed by atoms with van der Waals surface area (Å²) in [5, 5.41) is 4.36. The van der Waals surface area contributed by atoms with Crippen LogP contribution < -0.4 is 0 Å². The summed E-state index contributed by atoms with van der Waals surface area (Å²) in [5.41, 5.74) is 1.22. The molecule has 2 aromatic heterocycles. The number of rotatable bonds is 3. The number of sulfone groups is 1. The highest BCUT2D eigenvalue weighted by Crippen LogP contribution is 2.22. The molecule has 1 aliphatic rings. The quantitative estimate of drug-likeness (QED) is 0.786. The van der Waals surface area contributed by atoms with E-state index < -0.39 is 9.84 Å². The Bertz CT molecular complexity index is 737. The van der Waals surface area contributed by atoms with E-state index in [-0.39, 0.29) is 11.5 Å². The van der Waals surface area contributed by atoms with Crippen molar-refractivity contribution >= 4 is 21.8 Å². The minimum Gasteiger partial charge on any atom is -0.298 e. The van der Waals surface area contributed by atoms with E-state index >= 15 is 0 Å². The van der Waals surface area contributed by atoms with Gasteiger partial charge in [-0.15, -0.1) is 0 Å². The molecule has 3 heterocycles. The van der Waals surface area contributed by atoms with Gasteiger partial charge in [-0.2, -0.15) is 5.10 Å². The molecule has 106 valence electrons. The van der Waals surface area contributed by atoms with Gasteiger partial charge in [-0.1, -0.05) is 0 Å². The molecule has 0 N–H and O–H groups in total. The van der Waals surface area contributed by atoms with Crippen molar-refractivity contribution in [3.05, 3.63) is 29.7 Å². The van der Waals surface area contributed by atoms with Crippen molar-refractivity contribution in [2.45, 2.75) is 19.3 Å². The lowest BCUT2D eigenvalue weighted by Gasteiger charge is -2.20. The second kappa shape index (κ2) is 4.97. The van der Waals surface area contributed by atoms with Gasteiger partial charge in [-0.3, -0.25) is 4.79 Å². The minimum absolute atomic E-state index is 0.264. The average Bonchev–Trinajstić information content (AvgIpc) is 2.82. The van der Waals surface area contributed by atoms with Crippen LogP contribution in [0.15, 0.2) is 18.3 Å². The van der Waals surface area contributed by atoms with E-state index in [1.807, 2.05) is 0 Å². The molecule has 0 spiro atoms. The molecule has 0 atom stereocenters. The van der Waals surface area contributed by atoms with Gasteiger partial charge in [0.1, 0.15) is 16.1 Å². The van der Waals surface area contributed by atoms with Gasteiger partial charge in [0.15, 0.2) is 11.5 Å². The molecular weight excluding hydrogens is 278 g/mol. The van der Waals surface area contributed by atoms with Crippen molar-refractivity contribution in [2.75, 3.05) is 11.5 Å². The van der Waals surface area contributed by atoms with Gasteiger partial charge in [0, 0.05) is 18.2 Å². The largest absolute Gasteiger partial charge is 0.298 e. The van der Waals surface area contributed by atoms with E-state index in [9.17, 15) is 13.2 Å². The fraction of sp³-hybridized carbons (Fsp3) is 0.462. The number of hydrogen-bond donors (Lipinski definition) is 0. The number of carbonyl (C=O) groups is 1. The Kier molecular flexibility index (Phi) is 3.29. The first-order valence-electron chi connectivity index (χ1n) is 6.57. The lowest BCUT2D eigenvalue weighted by molar-refractivity contribution is 0.112. The minimum atomic E-state index is -2.83. The molecular formula is C13H15N3O3S. The van der Waals surface area contributed by atoms with Gasteiger partial charge >= 0.3 is 0 Å². The normalized spacial score (nSPS) is 19.2. The molecule has 7 heteroatoms. The summed E-state index contributed by atoms with van der Waals surface area (Å²) in [6.45, 7) is 0. The number of carbonyl (C=O) groups excluding carboxylic acids is 1. The summed E-state index contributed by atoms with van der Waals surface area (Å²) < 4.78 is 24.4. The maximum absolute atomic E-state index is 11.4. The first-order valence-corrected chi connectivity index (χ1v) is 8.39. The van der Waals surface area contributed by atoms with Crippen LogP contribution in [0.5, 0.6) is 0 Å². The molecule has 0 unspecified atom stereocenters. The number of pyridine rings is 1. The summed E-state index contributed by atoms with van der Waals surface area (Å²) in [4.78, 5) is 15.1. The van der Waals surface area contributed by atoms with Crippen LogP contribution in [-0.4, -0.2) is 40.8 Å². The number of hydrogen-bond acceptors (Lipinski definition) is 5. The van der Waals surface area contributed by atoms with Crippen LogP contribution in [-0.2, 0) is 16.3 Å². The number of aldehydes is 1. The molecule has 1 aliphatic heterocycles. The number of fused-ring (bicyclic) bond motifs is 1. The Morgan fingerprint density at radius 2 is 2.10 bits per heavy atom. The third kappa shape index (κ3) is 2.72. The summed E-state index contributed by atoms with van der Waals surface area (Å²) in [6, 6.07) is 3.38. The SMILES string of the molecule is O=Cc1ccn2nc(CC3CCS(=O)(=O)CC3)nc2c1. The maximum Gasteiger partial charge on any atom is 0.156 e. The standard InChI is InChI=1S/C13H15N3O3S/c17-9-11-1-4-16-13(8-11)14-12(15-16)7-10-2-5-20(18,19)6-3-10/h1,4,8-10H,2-3,5-7H2. The maximum atomic E-state index is 11.4. The predicted molar refractivity (Wildman–Crippen MR) is 73.5 cm³/mol. The molecule has 0 bridgehead atoms. The highest BCUT2D eigenvalue weighted by molar-refractivity contribution is 7.91. The molecule has 0 aliphatic carbocycles. The van der Waals surface area contributed by atoms with Crippen LogP contribution in [0.25, 0.3) is 5.65 Å². The van der Waals surface area contributed by atoms with Crippen molar-refractivity contribution in [3.8, 4) is 0 Å². The molecule has 0 amide bonds. The summed E-state index contributed by atoms with van der Waals surface area (Å²) >= 11 is 0. The van der Waals surface area contributed by atoms with Crippen LogP contribution in [0.4, 0.5) is 0 Å². The first-order chi connectivity index (χ1) is 9.55. The Hall–Kier alpha value is -1.76. The first kappa shape index (κ1) is 13.2. The van der Waals surface area contributed by atoms with E-state index in [0.29, 0.717) is 42.2 Å². The van der Waals surface area contributed by atoms with Crippen molar-refractivity contribution in [3.63, 3.8) is 0 Å². The molecule has 2 aromatic rings. The van der Waals surface area contributed by atoms with Gasteiger partial charge in [0.25, 0.3) is 0 Å². The van der Waals surface area contributed by atoms with Gasteiger partial charge < -0.3 is 0 Å². The molecule has 1 saturated heterocycles. The summed E-state index contributed by atoms with van der Waals surface area (Å²) in [6.07, 6.45) is 4.53. The van der Waals surface area contributed by atoms with Crippen LogP contribution in [0, 0.1) is 5.92 Å². The van der Waals surface area contributed by atoms with Crippen molar-refractivity contribution in [2.24, 2.45) is 5.92 Å². The Labute approximate surface area is 116 Å². The van der Waals surface area contributed by atoms with E-state index in [1.165, 1.54) is 0 Å². The van der Waals surface area contributed by atoms with Crippen LogP contribution >= 0.6 is 0 Å². The molecule has 1 fully saturated rings. The lowest BCUT2D eigenvalue weighted by Crippen LogP contribution is -2.24. The third-order valence-corrected chi connectivity index (χ3v) is 5.40. The molecule has 0 aromatic carbocycles. The average molecular weight is 293 g/mol. The summed E-state index contributed by atoms with van der Waals surface area (Å²) in [7, 11) is -2.83. The molecule has 0 radical (unpaired) electrons. The van der Waals surface area contributed by atoms with Crippen LogP contribution in [0.3, 0.4) is 0 Å². The Morgan fingerprint density at radius 1 is 1.35 bits per heavy atom. The van der Waals surface area contributed by atoms with E-state index in [0.717, 1.165) is 6.29 Å². The van der Waals surface area contributed by atoms with Crippen LogP contribution in [0.2, 0.25) is 0 Å². The highest BCUT2D eigenvalue weighted by Gasteiger charge is 2.24. The predicted octanol–water partition coefficient (Wildman–Crippen LogP) is 0.909. The highest BCUT2D eigenvalue weighted by atomic mass is 32.2. The molecule has 6 nitrogen and oxygen atoms in total. The molecule has 0 saturated carbocycles. The zero-order chi connectivity index (χ0) is 14.2. The van der Waals surface area contributed by atoms with Crippen molar-refractivity contribution in [1.82, 2.24) is 14.6 Å². The second-order valence-electron chi connectivity index (χ2n) is 5.21. The van der Waals surface area contributed by atoms with Gasteiger partial charge in [0.05, 0.1) is 11.5 Å². The van der Waals surface area contributed by atoms with Crippen molar-refractivity contribution in [1.29, 1.82) is 0 Å². The van der Waals surface area contributed by atoms with Crippen molar-refractivity contribution < 1.29 is 13.2 Å². The Balaban J connectivity index is 1.76. The van der Waals surface area contributed by atoms with Gasteiger partial charge in [-0.25, -0.2) is 17.9 Å². The molecule has 20 heavy (non-hydrogen) atoms. The van der Waals surface area contributed by atoms with Gasteiger partial charge in [0.2, 0.25) is 0 Å². The van der Waals surface area contributed by atoms with E-state index in [4.69, 9.17) is 0 Å². The monoisotopic (exact) mass is 293 g/mol. The van der Waals surface area contributed by atoms with E-state index in [2.05, 4.69) is 10.1 Å². The third-order valence-electron chi connectivity index (χ3n) is 3.69. The fourth-order valence-electron chi connectivity index (χ4n) is 2.50. The Morgan fingerprint density at radius 3 is 2.80 bits per heavy atom. The fourth-order valence-corrected chi connectivity index (χ4v) is 4.09. The van der Waals surface area contributed by atoms with Gasteiger partial charge in [-0.05, 0) is 30.9 Å². The summed E-state index contributed by atoms with van der Waals surface area (Å²) in [5.74, 6) is 1.56. The topological polar surface area (TPSA) is 81.4 Å². The number of aromatic nitrogens is 3. The van der Waals surface area contributed by atoms with Crippen LogP contribution in [0.1, 0.15) is 29.0 Å². The smallest absolute Gasteiger partial charge is 0.156 e. The van der Waals surface area contributed by atoms with E-state index in [1.54, 1.807) is 22.8 Å². The second-order valence-corrected chi connectivity index (χ2v) is 7.51. The lowest BCUT2D eigenvalue weighted by atomic mass is 9.99. The zero-order valence-corrected chi connectivity index (χ0v) is 11.7. The molecule has 3 rings (SSSR count). The zero-order valence-electron chi connectivity index (χ0n) is 10.9.